The van der Waals surface area contributed by atoms with Crippen LogP contribution in [0.25, 0.3) is 0 Å². The van der Waals surface area contributed by atoms with Gasteiger partial charge in [-0.3, -0.25) is 10.1 Å². The zero-order valence-corrected chi connectivity index (χ0v) is 9.28. The van der Waals surface area contributed by atoms with Crippen molar-refractivity contribution in [3.8, 4) is 0 Å². The lowest BCUT2D eigenvalue weighted by molar-refractivity contribution is -0.383. The Labute approximate surface area is 98.0 Å². The number of nitro groups is 1. The summed E-state index contributed by atoms with van der Waals surface area (Å²) in [4.78, 5) is 10.3. The van der Waals surface area contributed by atoms with Crippen molar-refractivity contribution in [1.29, 1.82) is 0 Å². The van der Waals surface area contributed by atoms with Crippen molar-refractivity contribution in [2.75, 3.05) is 18.4 Å². The summed E-state index contributed by atoms with van der Waals surface area (Å²) in [5, 5.41) is 13.8. The number of hydrogen-bond donors (Lipinski definition) is 2. The fraction of sp³-hybridized carbons (Fsp3) is 0.200. The van der Waals surface area contributed by atoms with Gasteiger partial charge < -0.3 is 11.1 Å². The van der Waals surface area contributed by atoms with Gasteiger partial charge >= 0.3 is 5.69 Å². The van der Waals surface area contributed by atoms with Crippen LogP contribution in [0.4, 0.5) is 11.4 Å². The second-order valence-corrected chi connectivity index (χ2v) is 3.39. The van der Waals surface area contributed by atoms with Crippen LogP contribution in [0.5, 0.6) is 0 Å². The molecule has 0 bridgehead atoms. The van der Waals surface area contributed by atoms with Crippen molar-refractivity contribution in [3.05, 3.63) is 45.5 Å². The summed E-state index contributed by atoms with van der Waals surface area (Å²) >= 11 is 5.74. The first kappa shape index (κ1) is 12.5. The first-order valence-electron chi connectivity index (χ1n) is 4.68. The third-order valence-electron chi connectivity index (χ3n) is 1.88. The van der Waals surface area contributed by atoms with Gasteiger partial charge in [0.05, 0.1) is 4.92 Å². The summed E-state index contributed by atoms with van der Waals surface area (Å²) in [5.41, 5.74) is 5.56. The van der Waals surface area contributed by atoms with E-state index in [1.807, 2.05) is 0 Å². The van der Waals surface area contributed by atoms with E-state index in [1.54, 1.807) is 24.3 Å². The molecule has 5 nitrogen and oxygen atoms in total. The van der Waals surface area contributed by atoms with E-state index in [0.29, 0.717) is 18.8 Å². The molecule has 0 saturated heterocycles. The number of hydrogen-bond acceptors (Lipinski definition) is 4. The number of para-hydroxylation sites is 1. The molecule has 1 aromatic carbocycles. The minimum atomic E-state index is -0.503. The number of nitro benzene ring substituents is 1. The molecule has 1 aromatic rings. The molecule has 1 rings (SSSR count). The third kappa shape index (κ3) is 3.22. The van der Waals surface area contributed by atoms with E-state index in [2.05, 4.69) is 5.32 Å². The van der Waals surface area contributed by atoms with Crippen molar-refractivity contribution in [1.82, 2.24) is 0 Å². The molecule has 0 radical (unpaired) electrons. The van der Waals surface area contributed by atoms with E-state index >= 15 is 0 Å². The van der Waals surface area contributed by atoms with Crippen LogP contribution in [0.15, 0.2) is 30.4 Å². The maximum atomic E-state index is 10.8. The van der Waals surface area contributed by atoms with Crippen LogP contribution in [0.2, 0.25) is 5.02 Å². The van der Waals surface area contributed by atoms with Crippen LogP contribution in [-0.4, -0.2) is 18.0 Å². The van der Waals surface area contributed by atoms with E-state index in [0.717, 1.165) is 0 Å². The van der Waals surface area contributed by atoms with Crippen molar-refractivity contribution in [2.45, 2.75) is 0 Å². The molecule has 86 valence electrons. The van der Waals surface area contributed by atoms with E-state index < -0.39 is 4.92 Å². The highest BCUT2D eigenvalue weighted by molar-refractivity contribution is 6.33. The van der Waals surface area contributed by atoms with Crippen LogP contribution in [0.1, 0.15) is 0 Å². The highest BCUT2D eigenvalue weighted by atomic mass is 35.5. The zero-order valence-electron chi connectivity index (χ0n) is 8.52. The highest BCUT2D eigenvalue weighted by Crippen LogP contribution is 2.31. The van der Waals surface area contributed by atoms with E-state index in [-0.39, 0.29) is 10.7 Å². The molecule has 0 aliphatic heterocycles. The Bertz CT molecular complexity index is 407. The lowest BCUT2D eigenvalue weighted by atomic mass is 10.2. The minimum Gasteiger partial charge on any atom is -0.376 e. The van der Waals surface area contributed by atoms with E-state index in [1.165, 1.54) is 6.07 Å². The summed E-state index contributed by atoms with van der Waals surface area (Å²) in [6, 6.07) is 4.76. The molecule has 0 heterocycles. The number of benzene rings is 1. The average molecular weight is 242 g/mol. The van der Waals surface area contributed by atoms with Crippen LogP contribution in [-0.2, 0) is 0 Å². The second kappa shape index (κ2) is 6.09. The lowest BCUT2D eigenvalue weighted by Crippen LogP contribution is -2.03. The Morgan fingerprint density at radius 3 is 2.88 bits per heavy atom. The van der Waals surface area contributed by atoms with E-state index in [9.17, 15) is 10.1 Å². The Hall–Kier alpha value is -1.59. The molecule has 0 unspecified atom stereocenters. The molecule has 16 heavy (non-hydrogen) atoms. The quantitative estimate of drug-likeness (QED) is 0.470. The summed E-state index contributed by atoms with van der Waals surface area (Å²) < 4.78 is 0. The standard InChI is InChI=1S/C10H12ClN3O2/c11-8-4-3-5-9(10(8)14(15)16)13-7-2-1-6-12/h1-5,13H,6-7,12H2/b2-1+. The Kier molecular flexibility index (Phi) is 4.75. The predicted molar refractivity (Wildman–Crippen MR) is 64.8 cm³/mol. The molecule has 0 amide bonds. The van der Waals surface area contributed by atoms with Gasteiger partial charge in [-0.05, 0) is 12.1 Å². The monoisotopic (exact) mass is 241 g/mol. The predicted octanol–water partition coefficient (Wildman–Crippen LogP) is 2.17. The van der Waals surface area contributed by atoms with Gasteiger partial charge in [-0.1, -0.05) is 29.8 Å². The van der Waals surface area contributed by atoms with Crippen LogP contribution in [0, 0.1) is 10.1 Å². The van der Waals surface area contributed by atoms with Gasteiger partial charge in [0.15, 0.2) is 0 Å². The molecule has 3 N–H and O–H groups in total. The largest absolute Gasteiger partial charge is 0.376 e. The van der Waals surface area contributed by atoms with Gasteiger partial charge in [0.1, 0.15) is 10.7 Å². The molecular weight excluding hydrogens is 230 g/mol. The Balaban J connectivity index is 2.83. The van der Waals surface area contributed by atoms with Gasteiger partial charge in [0.25, 0.3) is 0 Å². The van der Waals surface area contributed by atoms with Gasteiger partial charge in [0, 0.05) is 13.1 Å². The fourth-order valence-electron chi connectivity index (χ4n) is 1.19. The number of nitrogens with two attached hydrogens (primary N) is 1. The van der Waals surface area contributed by atoms with Gasteiger partial charge in [0.2, 0.25) is 0 Å². The van der Waals surface area contributed by atoms with Crippen molar-refractivity contribution < 1.29 is 4.92 Å². The fourth-order valence-corrected chi connectivity index (χ4v) is 1.44. The molecular formula is C10H12ClN3O2. The molecule has 0 aromatic heterocycles. The zero-order chi connectivity index (χ0) is 12.0. The molecule has 0 fully saturated rings. The van der Waals surface area contributed by atoms with Gasteiger partial charge in [-0.15, -0.1) is 0 Å². The maximum Gasteiger partial charge on any atom is 0.310 e. The number of anilines is 1. The highest BCUT2D eigenvalue weighted by Gasteiger charge is 2.17. The number of nitrogens with zero attached hydrogens (tertiary/aromatic N) is 1. The molecule has 0 saturated carbocycles. The smallest absolute Gasteiger partial charge is 0.310 e. The lowest BCUT2D eigenvalue weighted by Gasteiger charge is -2.05. The normalized spacial score (nSPS) is 10.6. The van der Waals surface area contributed by atoms with Crippen LogP contribution >= 0.6 is 11.6 Å². The Morgan fingerprint density at radius 2 is 2.25 bits per heavy atom. The van der Waals surface area contributed by atoms with Gasteiger partial charge in [-0.25, -0.2) is 0 Å². The summed E-state index contributed by atoms with van der Waals surface area (Å²) in [6.45, 7) is 0.914. The van der Waals surface area contributed by atoms with Crippen LogP contribution in [0.3, 0.4) is 0 Å². The molecule has 0 atom stereocenters. The van der Waals surface area contributed by atoms with Crippen molar-refractivity contribution >= 4 is 23.0 Å². The van der Waals surface area contributed by atoms with Crippen molar-refractivity contribution in [3.63, 3.8) is 0 Å². The Morgan fingerprint density at radius 1 is 1.50 bits per heavy atom. The first-order chi connectivity index (χ1) is 7.66. The maximum absolute atomic E-state index is 10.8. The molecule has 0 aliphatic rings. The van der Waals surface area contributed by atoms with E-state index in [4.69, 9.17) is 17.3 Å². The summed E-state index contributed by atoms with van der Waals surface area (Å²) in [6.07, 6.45) is 3.56. The number of rotatable bonds is 5. The molecule has 6 heteroatoms. The SMILES string of the molecule is NC/C=C/CNc1cccc(Cl)c1[N+](=O)[O-]. The van der Waals surface area contributed by atoms with Gasteiger partial charge in [-0.2, -0.15) is 0 Å². The average Bonchev–Trinajstić information content (AvgIpc) is 2.24. The number of halogens is 1. The molecule has 0 aliphatic carbocycles. The summed E-state index contributed by atoms with van der Waals surface area (Å²) in [7, 11) is 0. The number of nitrogens with one attached hydrogen (secondary N) is 1. The minimum absolute atomic E-state index is 0.106. The summed E-state index contributed by atoms with van der Waals surface area (Å²) in [5.74, 6) is 0. The third-order valence-corrected chi connectivity index (χ3v) is 2.19. The topological polar surface area (TPSA) is 81.2 Å². The van der Waals surface area contributed by atoms with Crippen molar-refractivity contribution in [2.24, 2.45) is 5.73 Å². The second-order valence-electron chi connectivity index (χ2n) is 2.98. The molecule has 0 spiro atoms. The first-order valence-corrected chi connectivity index (χ1v) is 5.06. The van der Waals surface area contributed by atoms with Crippen LogP contribution < -0.4 is 11.1 Å².